The van der Waals surface area contributed by atoms with E-state index in [0.29, 0.717) is 18.1 Å². The standard InChI is InChI=1S/C20H21N3O2/c1-15(17-10-6-3-7-11-17)20(24)21-14-18-22-19(25-23-18)13-12-16-8-4-2-5-9-16/h2-11,15H,12-14H2,1H3,(H,21,24). The molecule has 5 nitrogen and oxygen atoms in total. The summed E-state index contributed by atoms with van der Waals surface area (Å²) in [5, 5.41) is 6.79. The Hall–Kier alpha value is -2.95. The molecule has 0 aliphatic carbocycles. The van der Waals surface area contributed by atoms with E-state index in [2.05, 4.69) is 27.6 Å². The minimum atomic E-state index is -0.217. The van der Waals surface area contributed by atoms with Crippen molar-refractivity contribution in [2.45, 2.75) is 32.2 Å². The summed E-state index contributed by atoms with van der Waals surface area (Å²) in [6.45, 7) is 2.15. The third-order valence-corrected chi connectivity index (χ3v) is 4.09. The molecule has 0 radical (unpaired) electrons. The number of carbonyl (C=O) groups excluding carboxylic acids is 1. The van der Waals surface area contributed by atoms with Gasteiger partial charge in [-0.2, -0.15) is 4.98 Å². The molecule has 1 heterocycles. The number of hydrogen-bond acceptors (Lipinski definition) is 4. The molecule has 1 atom stereocenters. The van der Waals surface area contributed by atoms with Crippen molar-refractivity contribution in [3.8, 4) is 0 Å². The normalized spacial score (nSPS) is 11.9. The third kappa shape index (κ3) is 4.76. The Kier molecular flexibility index (Phi) is 5.57. The molecule has 1 unspecified atom stereocenters. The van der Waals surface area contributed by atoms with Crippen LogP contribution in [0.15, 0.2) is 65.2 Å². The van der Waals surface area contributed by atoms with Gasteiger partial charge in [0.05, 0.1) is 12.5 Å². The molecule has 0 spiro atoms. The molecule has 0 fully saturated rings. The van der Waals surface area contributed by atoms with Gasteiger partial charge in [0.1, 0.15) is 0 Å². The quantitative estimate of drug-likeness (QED) is 0.719. The Bertz CT molecular complexity index is 800. The first-order valence-corrected chi connectivity index (χ1v) is 8.40. The molecule has 25 heavy (non-hydrogen) atoms. The van der Waals surface area contributed by atoms with E-state index >= 15 is 0 Å². The van der Waals surface area contributed by atoms with Gasteiger partial charge in [-0.05, 0) is 24.5 Å². The lowest BCUT2D eigenvalue weighted by Gasteiger charge is -2.11. The fourth-order valence-corrected chi connectivity index (χ4v) is 2.57. The summed E-state index contributed by atoms with van der Waals surface area (Å²) < 4.78 is 5.25. The fourth-order valence-electron chi connectivity index (χ4n) is 2.57. The van der Waals surface area contributed by atoms with Crippen LogP contribution in [0.3, 0.4) is 0 Å². The number of rotatable bonds is 7. The van der Waals surface area contributed by atoms with Gasteiger partial charge in [-0.25, -0.2) is 0 Å². The van der Waals surface area contributed by atoms with Gasteiger partial charge in [0.25, 0.3) is 0 Å². The van der Waals surface area contributed by atoms with Crippen LogP contribution in [-0.2, 0) is 24.2 Å². The maximum atomic E-state index is 12.2. The largest absolute Gasteiger partial charge is 0.348 e. The average molecular weight is 335 g/mol. The number of nitrogens with one attached hydrogen (secondary N) is 1. The third-order valence-electron chi connectivity index (χ3n) is 4.09. The monoisotopic (exact) mass is 335 g/mol. The number of aryl methyl sites for hydroxylation is 2. The van der Waals surface area contributed by atoms with E-state index in [1.165, 1.54) is 5.56 Å². The van der Waals surface area contributed by atoms with E-state index < -0.39 is 0 Å². The summed E-state index contributed by atoms with van der Waals surface area (Å²) >= 11 is 0. The van der Waals surface area contributed by atoms with Crippen LogP contribution in [0.2, 0.25) is 0 Å². The predicted molar refractivity (Wildman–Crippen MR) is 94.9 cm³/mol. The SMILES string of the molecule is CC(C(=O)NCc1noc(CCc2ccccc2)n1)c1ccccc1. The number of aromatic nitrogens is 2. The van der Waals surface area contributed by atoms with Crippen molar-refractivity contribution in [3.63, 3.8) is 0 Å². The molecular weight excluding hydrogens is 314 g/mol. The first-order valence-electron chi connectivity index (χ1n) is 8.40. The number of hydrogen-bond donors (Lipinski definition) is 1. The summed E-state index contributed by atoms with van der Waals surface area (Å²) in [6.07, 6.45) is 1.53. The zero-order chi connectivity index (χ0) is 17.5. The molecule has 0 aliphatic heterocycles. The molecule has 5 heteroatoms. The Morgan fingerprint density at radius 2 is 1.72 bits per heavy atom. The van der Waals surface area contributed by atoms with Crippen molar-refractivity contribution in [3.05, 3.63) is 83.5 Å². The summed E-state index contributed by atoms with van der Waals surface area (Å²) in [6, 6.07) is 19.8. The van der Waals surface area contributed by atoms with Crippen molar-refractivity contribution in [2.75, 3.05) is 0 Å². The molecule has 0 bridgehead atoms. The van der Waals surface area contributed by atoms with Crippen LogP contribution in [0, 0.1) is 0 Å². The molecule has 0 saturated heterocycles. The van der Waals surface area contributed by atoms with Crippen molar-refractivity contribution < 1.29 is 9.32 Å². The Labute approximate surface area is 147 Å². The second-order valence-corrected chi connectivity index (χ2v) is 5.94. The second-order valence-electron chi connectivity index (χ2n) is 5.94. The van der Waals surface area contributed by atoms with Gasteiger partial charge in [0, 0.05) is 6.42 Å². The van der Waals surface area contributed by atoms with E-state index in [4.69, 9.17) is 4.52 Å². The topological polar surface area (TPSA) is 68.0 Å². The Morgan fingerprint density at radius 1 is 1.04 bits per heavy atom. The molecule has 2 aromatic carbocycles. The van der Waals surface area contributed by atoms with Crippen LogP contribution in [0.1, 0.15) is 35.7 Å². The number of amides is 1. The first kappa shape index (κ1) is 16.9. The Balaban J connectivity index is 1.49. The molecule has 0 aliphatic rings. The minimum Gasteiger partial charge on any atom is -0.348 e. The van der Waals surface area contributed by atoms with Gasteiger partial charge in [-0.15, -0.1) is 0 Å². The summed E-state index contributed by atoms with van der Waals surface area (Å²) in [4.78, 5) is 16.6. The summed E-state index contributed by atoms with van der Waals surface area (Å²) in [7, 11) is 0. The molecule has 1 aromatic heterocycles. The molecule has 3 aromatic rings. The van der Waals surface area contributed by atoms with Crippen LogP contribution in [0.25, 0.3) is 0 Å². The van der Waals surface area contributed by atoms with E-state index in [1.54, 1.807) is 0 Å². The fraction of sp³-hybridized carbons (Fsp3) is 0.250. The highest BCUT2D eigenvalue weighted by Crippen LogP contribution is 2.14. The Morgan fingerprint density at radius 3 is 2.44 bits per heavy atom. The zero-order valence-corrected chi connectivity index (χ0v) is 14.2. The van der Waals surface area contributed by atoms with Gasteiger partial charge in [0.15, 0.2) is 5.82 Å². The van der Waals surface area contributed by atoms with Gasteiger partial charge >= 0.3 is 0 Å². The second kappa shape index (κ2) is 8.24. The van der Waals surface area contributed by atoms with E-state index in [9.17, 15) is 4.79 Å². The highest BCUT2D eigenvalue weighted by atomic mass is 16.5. The van der Waals surface area contributed by atoms with E-state index in [1.807, 2.05) is 55.5 Å². The van der Waals surface area contributed by atoms with Crippen LogP contribution in [-0.4, -0.2) is 16.0 Å². The number of benzene rings is 2. The molecule has 3 rings (SSSR count). The number of nitrogens with zero attached hydrogens (tertiary/aromatic N) is 2. The smallest absolute Gasteiger partial charge is 0.227 e. The van der Waals surface area contributed by atoms with Gasteiger partial charge in [0.2, 0.25) is 11.8 Å². The van der Waals surface area contributed by atoms with Gasteiger partial charge < -0.3 is 9.84 Å². The lowest BCUT2D eigenvalue weighted by atomic mass is 10.0. The summed E-state index contributed by atoms with van der Waals surface area (Å²) in [5.41, 5.74) is 2.21. The summed E-state index contributed by atoms with van der Waals surface area (Å²) in [5.74, 6) is 0.813. The number of carbonyl (C=O) groups is 1. The van der Waals surface area contributed by atoms with Gasteiger partial charge in [-0.3, -0.25) is 4.79 Å². The lowest BCUT2D eigenvalue weighted by molar-refractivity contribution is -0.122. The van der Waals surface area contributed by atoms with Crippen molar-refractivity contribution in [2.24, 2.45) is 0 Å². The molecule has 128 valence electrons. The van der Waals surface area contributed by atoms with Crippen molar-refractivity contribution in [1.29, 1.82) is 0 Å². The molecular formula is C20H21N3O2. The minimum absolute atomic E-state index is 0.0539. The van der Waals surface area contributed by atoms with Crippen LogP contribution in [0.5, 0.6) is 0 Å². The molecule has 1 N–H and O–H groups in total. The van der Waals surface area contributed by atoms with E-state index in [0.717, 1.165) is 12.0 Å². The van der Waals surface area contributed by atoms with Crippen LogP contribution in [0.4, 0.5) is 0 Å². The highest BCUT2D eigenvalue weighted by molar-refractivity contribution is 5.83. The average Bonchev–Trinajstić information content (AvgIpc) is 3.13. The maximum Gasteiger partial charge on any atom is 0.227 e. The van der Waals surface area contributed by atoms with E-state index in [-0.39, 0.29) is 18.4 Å². The predicted octanol–water partition coefficient (Wildman–Crippen LogP) is 3.27. The van der Waals surface area contributed by atoms with Crippen molar-refractivity contribution in [1.82, 2.24) is 15.5 Å². The van der Waals surface area contributed by atoms with Gasteiger partial charge in [-0.1, -0.05) is 65.8 Å². The highest BCUT2D eigenvalue weighted by Gasteiger charge is 2.15. The zero-order valence-electron chi connectivity index (χ0n) is 14.2. The molecule has 1 amide bonds. The first-order chi connectivity index (χ1) is 12.2. The van der Waals surface area contributed by atoms with Crippen LogP contribution < -0.4 is 5.32 Å². The maximum absolute atomic E-state index is 12.2. The molecule has 0 saturated carbocycles. The van der Waals surface area contributed by atoms with Crippen molar-refractivity contribution >= 4 is 5.91 Å². The lowest BCUT2D eigenvalue weighted by Crippen LogP contribution is -2.27. The van der Waals surface area contributed by atoms with Crippen LogP contribution >= 0.6 is 0 Å².